The fraction of sp³-hybridized carbons (Fsp3) is 0.706. The number of nitrogens with zero attached hydrogens (tertiary/aromatic N) is 4. The molecule has 1 saturated heterocycles. The third-order valence-electron chi connectivity index (χ3n) is 4.70. The molecular weight excluding hydrogens is 367 g/mol. The Morgan fingerprint density at radius 2 is 2.00 bits per heavy atom. The molecule has 1 aliphatic rings. The molecule has 26 heavy (non-hydrogen) atoms. The number of ether oxygens (including phenoxy) is 1. The number of hydrogen-bond donors (Lipinski definition) is 0. The zero-order chi connectivity index (χ0) is 17.8. The normalized spacial score (nSPS) is 16.9. The molecule has 0 spiro atoms. The maximum atomic E-state index is 12.8. The fourth-order valence-corrected chi connectivity index (χ4v) is 3.52. The second-order valence-corrected chi connectivity index (χ2v) is 6.88. The van der Waals surface area contributed by atoms with Gasteiger partial charge in [-0.2, -0.15) is 0 Å². The van der Waals surface area contributed by atoms with Crippen molar-refractivity contribution in [3.05, 3.63) is 26.1 Å². The molecule has 1 unspecified atom stereocenters. The summed E-state index contributed by atoms with van der Waals surface area (Å²) < 4.78 is 8.41. The van der Waals surface area contributed by atoms with Gasteiger partial charge >= 0.3 is 35.2 Å². The molecule has 0 amide bonds. The van der Waals surface area contributed by atoms with Gasteiger partial charge in [0.25, 0.3) is 5.56 Å². The number of aromatic nitrogens is 4. The van der Waals surface area contributed by atoms with Crippen LogP contribution in [0.3, 0.4) is 0 Å². The van der Waals surface area contributed by atoms with Crippen LogP contribution in [0.5, 0.6) is 0 Å². The smallest absolute Gasteiger partial charge is 0.420 e. The van der Waals surface area contributed by atoms with E-state index < -0.39 is 5.56 Å². The monoisotopic (exact) mass is 390 g/mol. The molecule has 9 heteroatoms. The van der Waals surface area contributed by atoms with Crippen molar-refractivity contribution in [3.63, 3.8) is 0 Å². The van der Waals surface area contributed by atoms with Crippen molar-refractivity contribution in [1.29, 1.82) is 0 Å². The average molecular weight is 391 g/mol. The minimum atomic E-state index is -0.404. The maximum absolute atomic E-state index is 12.8. The number of imidazole rings is 1. The Morgan fingerprint density at radius 3 is 2.69 bits per heavy atom. The number of aryl methyl sites for hydroxylation is 1. The molecule has 1 aliphatic heterocycles. The second-order valence-electron chi connectivity index (χ2n) is 6.54. The number of fused-ring (bicyclic) bond motifs is 1. The molecule has 0 radical (unpaired) electrons. The molecule has 2 aromatic rings. The summed E-state index contributed by atoms with van der Waals surface area (Å²) in [6, 6.07) is 0. The van der Waals surface area contributed by atoms with Gasteiger partial charge in [-0.15, -0.1) is 0 Å². The van der Waals surface area contributed by atoms with E-state index in [1.807, 2.05) is 0 Å². The Kier molecular flexibility index (Phi) is 8.41. The van der Waals surface area contributed by atoms with Crippen molar-refractivity contribution in [1.82, 2.24) is 19.1 Å². The topological polar surface area (TPSA) is 80.2 Å². The van der Waals surface area contributed by atoms with Crippen molar-refractivity contribution in [2.45, 2.75) is 71.1 Å². The van der Waals surface area contributed by atoms with Crippen molar-refractivity contribution in [2.75, 3.05) is 6.61 Å². The van der Waals surface area contributed by atoms with Crippen LogP contribution in [0.1, 0.15) is 51.9 Å². The SMILES string of the molecule is CCCCCn1c(=O)n(CCCC2CCCO2)c(=O)c2[n-]c(Cl)nc21.[Na+]. The van der Waals surface area contributed by atoms with E-state index in [-0.39, 0.29) is 52.2 Å². The predicted octanol–water partition coefficient (Wildman–Crippen LogP) is -0.678. The first-order valence-corrected chi connectivity index (χ1v) is 9.44. The quantitative estimate of drug-likeness (QED) is 0.339. The van der Waals surface area contributed by atoms with Crippen LogP contribution < -0.4 is 45.8 Å². The summed E-state index contributed by atoms with van der Waals surface area (Å²) in [6.07, 6.45) is 6.88. The van der Waals surface area contributed by atoms with Crippen LogP contribution in [0, 0.1) is 0 Å². The van der Waals surface area contributed by atoms with Gasteiger partial charge in [-0.25, -0.2) is 4.79 Å². The van der Waals surface area contributed by atoms with E-state index in [4.69, 9.17) is 16.3 Å². The van der Waals surface area contributed by atoms with E-state index in [0.717, 1.165) is 51.6 Å². The van der Waals surface area contributed by atoms with Crippen LogP contribution in [0.25, 0.3) is 11.2 Å². The first-order valence-electron chi connectivity index (χ1n) is 9.07. The third kappa shape index (κ3) is 4.81. The van der Waals surface area contributed by atoms with Gasteiger partial charge in [0.1, 0.15) is 0 Å². The third-order valence-corrected chi connectivity index (χ3v) is 4.87. The minimum absolute atomic E-state index is 0. The summed E-state index contributed by atoms with van der Waals surface area (Å²) in [5.74, 6) is 0. The summed E-state index contributed by atoms with van der Waals surface area (Å²) in [5.41, 5.74) is -0.249. The fourth-order valence-electron chi connectivity index (χ4n) is 3.36. The van der Waals surface area contributed by atoms with E-state index in [1.165, 1.54) is 9.13 Å². The van der Waals surface area contributed by atoms with Gasteiger partial charge in [0, 0.05) is 36.1 Å². The molecule has 3 rings (SSSR count). The Hall–Kier alpha value is -0.600. The van der Waals surface area contributed by atoms with Crippen molar-refractivity contribution >= 4 is 22.8 Å². The summed E-state index contributed by atoms with van der Waals surface area (Å²) in [5, 5.41) is 0.00727. The summed E-state index contributed by atoms with van der Waals surface area (Å²) in [6.45, 7) is 3.79. The van der Waals surface area contributed by atoms with Gasteiger partial charge in [0.05, 0.1) is 6.10 Å². The minimum Gasteiger partial charge on any atom is -0.420 e. The molecular formula is C17H24ClN4NaO3. The Bertz CT molecular complexity index is 839. The summed E-state index contributed by atoms with van der Waals surface area (Å²) >= 11 is 5.88. The first kappa shape index (κ1) is 21.7. The van der Waals surface area contributed by atoms with E-state index in [9.17, 15) is 9.59 Å². The zero-order valence-corrected chi connectivity index (χ0v) is 18.3. The van der Waals surface area contributed by atoms with Crippen LogP contribution in [0.2, 0.25) is 5.28 Å². The molecule has 1 fully saturated rings. The van der Waals surface area contributed by atoms with E-state index in [2.05, 4.69) is 16.9 Å². The van der Waals surface area contributed by atoms with Crippen molar-refractivity contribution in [3.8, 4) is 0 Å². The molecule has 138 valence electrons. The zero-order valence-electron chi connectivity index (χ0n) is 15.5. The molecule has 0 saturated carbocycles. The molecule has 7 nitrogen and oxygen atoms in total. The van der Waals surface area contributed by atoms with E-state index >= 15 is 0 Å². The molecule has 0 bridgehead atoms. The molecule has 2 aromatic heterocycles. The first-order chi connectivity index (χ1) is 12.1. The molecule has 1 atom stereocenters. The van der Waals surface area contributed by atoms with Crippen molar-refractivity contribution < 1.29 is 34.3 Å². The molecule has 3 heterocycles. The van der Waals surface area contributed by atoms with Gasteiger partial charge in [0.15, 0.2) is 0 Å². The van der Waals surface area contributed by atoms with E-state index in [1.54, 1.807) is 0 Å². The van der Waals surface area contributed by atoms with Gasteiger partial charge in [-0.05, 0) is 32.1 Å². The molecule has 0 aromatic carbocycles. The number of rotatable bonds is 8. The van der Waals surface area contributed by atoms with Gasteiger partial charge in [0.2, 0.25) is 0 Å². The summed E-state index contributed by atoms with van der Waals surface area (Å²) in [7, 11) is 0. The molecule has 0 aliphatic carbocycles. The van der Waals surface area contributed by atoms with Crippen LogP contribution in [-0.2, 0) is 17.8 Å². The maximum Gasteiger partial charge on any atom is 1.00 e. The number of hydrogen-bond acceptors (Lipinski definition) is 4. The van der Waals surface area contributed by atoms with Crippen LogP contribution in [0.15, 0.2) is 9.59 Å². The predicted molar refractivity (Wildman–Crippen MR) is 96.3 cm³/mol. The van der Waals surface area contributed by atoms with Crippen LogP contribution in [-0.4, -0.2) is 26.8 Å². The average Bonchev–Trinajstić information content (AvgIpc) is 3.23. The van der Waals surface area contributed by atoms with Crippen molar-refractivity contribution in [2.24, 2.45) is 0 Å². The van der Waals surface area contributed by atoms with Gasteiger partial charge in [-0.3, -0.25) is 13.9 Å². The second kappa shape index (κ2) is 10.1. The van der Waals surface area contributed by atoms with Gasteiger partial charge < -0.3 is 14.7 Å². The van der Waals surface area contributed by atoms with E-state index in [0.29, 0.717) is 18.7 Å². The van der Waals surface area contributed by atoms with Gasteiger partial charge in [-0.1, -0.05) is 31.4 Å². The van der Waals surface area contributed by atoms with Crippen LogP contribution >= 0.6 is 11.6 Å². The standard InChI is InChI=1S/C17H25ClN4O3.Na/c1-2-3-4-9-21-14-13(19-16(18)20-14)15(23)22(17(21)24)10-5-7-12-8-6-11-25-12;/h12H,2-11H2,1H3,(H,19,20,23);/q;+1/p-1. The molecule has 0 N–H and O–H groups in total. The largest absolute Gasteiger partial charge is 1.00 e. The summed E-state index contributed by atoms with van der Waals surface area (Å²) in [4.78, 5) is 33.6. The Morgan fingerprint density at radius 1 is 1.23 bits per heavy atom. The van der Waals surface area contributed by atoms with Crippen LogP contribution in [0.4, 0.5) is 0 Å². The number of halogens is 1. The Balaban J connectivity index is 0.00000243. The Labute approximate surface area is 179 Å². The number of unbranched alkanes of at least 4 members (excludes halogenated alkanes) is 2.